The highest BCUT2D eigenvalue weighted by atomic mass is 16.3. The lowest BCUT2D eigenvalue weighted by Gasteiger charge is -2.14. The van der Waals surface area contributed by atoms with Crippen molar-refractivity contribution >= 4 is 17.3 Å². The van der Waals surface area contributed by atoms with Crippen molar-refractivity contribution in [2.75, 3.05) is 30.7 Å². The first-order valence-electron chi connectivity index (χ1n) is 5.78. The summed E-state index contributed by atoms with van der Waals surface area (Å²) in [5.41, 5.74) is 6.86. The number of benzene rings is 1. The van der Waals surface area contributed by atoms with Crippen LogP contribution in [0.3, 0.4) is 0 Å². The summed E-state index contributed by atoms with van der Waals surface area (Å²) in [6.45, 7) is 0.783. The average Bonchev–Trinajstić information content (AvgIpc) is 2.61. The number of hydrogen-bond acceptors (Lipinski definition) is 5. The molecule has 1 amide bonds. The van der Waals surface area contributed by atoms with E-state index in [-0.39, 0.29) is 12.5 Å². The number of nitrogens with two attached hydrogens (primary N) is 1. The van der Waals surface area contributed by atoms with Crippen LogP contribution in [0.5, 0.6) is 0 Å². The van der Waals surface area contributed by atoms with Crippen molar-refractivity contribution in [3.05, 3.63) is 24.3 Å². The van der Waals surface area contributed by atoms with E-state index in [0.717, 1.165) is 0 Å². The molecule has 6 heteroatoms. The second-order valence-corrected chi connectivity index (χ2v) is 4.50. The number of aliphatic hydroxyl groups is 2. The van der Waals surface area contributed by atoms with Crippen molar-refractivity contribution < 1.29 is 15.0 Å². The van der Waals surface area contributed by atoms with E-state index in [1.807, 2.05) is 0 Å². The van der Waals surface area contributed by atoms with E-state index in [1.54, 1.807) is 29.2 Å². The van der Waals surface area contributed by atoms with Gasteiger partial charge in [0.05, 0.1) is 18.8 Å². The molecular formula is C12H17N3O3. The summed E-state index contributed by atoms with van der Waals surface area (Å²) in [6.07, 6.45) is -1.54. The smallest absolute Gasteiger partial charge is 0.238 e. The van der Waals surface area contributed by atoms with Gasteiger partial charge in [0.25, 0.3) is 0 Å². The molecule has 2 rings (SSSR count). The highest BCUT2D eigenvalue weighted by Crippen LogP contribution is 2.12. The lowest BCUT2D eigenvalue weighted by molar-refractivity contribution is -0.117. The van der Waals surface area contributed by atoms with Crippen LogP contribution >= 0.6 is 0 Å². The molecule has 6 nitrogen and oxygen atoms in total. The summed E-state index contributed by atoms with van der Waals surface area (Å²) in [6, 6.07) is 6.86. The van der Waals surface area contributed by atoms with Crippen molar-refractivity contribution in [3.63, 3.8) is 0 Å². The van der Waals surface area contributed by atoms with Crippen molar-refractivity contribution in [1.82, 2.24) is 4.90 Å². The molecule has 18 heavy (non-hydrogen) atoms. The first kappa shape index (κ1) is 12.8. The van der Waals surface area contributed by atoms with Crippen LogP contribution < -0.4 is 11.1 Å². The van der Waals surface area contributed by atoms with Crippen LogP contribution in [-0.2, 0) is 4.79 Å². The number of nitrogens with zero attached hydrogens (tertiary/aromatic N) is 1. The Morgan fingerprint density at radius 2 is 1.83 bits per heavy atom. The van der Waals surface area contributed by atoms with Gasteiger partial charge in [0, 0.05) is 24.5 Å². The third-order valence-electron chi connectivity index (χ3n) is 2.90. The molecule has 1 saturated heterocycles. The van der Waals surface area contributed by atoms with Crippen LogP contribution in [0.4, 0.5) is 11.4 Å². The Labute approximate surface area is 105 Å². The van der Waals surface area contributed by atoms with Gasteiger partial charge in [-0.05, 0) is 24.3 Å². The van der Waals surface area contributed by atoms with E-state index >= 15 is 0 Å². The van der Waals surface area contributed by atoms with Gasteiger partial charge in [0.15, 0.2) is 0 Å². The van der Waals surface area contributed by atoms with Gasteiger partial charge in [0.1, 0.15) is 0 Å². The highest BCUT2D eigenvalue weighted by Gasteiger charge is 2.30. The largest absolute Gasteiger partial charge is 0.399 e. The summed E-state index contributed by atoms with van der Waals surface area (Å²) in [4.78, 5) is 13.4. The minimum absolute atomic E-state index is 0.151. The Hall–Kier alpha value is -1.63. The van der Waals surface area contributed by atoms with Gasteiger partial charge in [-0.3, -0.25) is 9.69 Å². The molecule has 0 aromatic heterocycles. The van der Waals surface area contributed by atoms with Crippen LogP contribution in [0.25, 0.3) is 0 Å². The SMILES string of the molecule is Nc1ccc(NC(=O)CN2CC(O)C(O)C2)cc1. The number of aliphatic hydroxyl groups excluding tert-OH is 2. The molecule has 2 atom stereocenters. The fraction of sp³-hybridized carbons (Fsp3) is 0.417. The van der Waals surface area contributed by atoms with Gasteiger partial charge in [-0.1, -0.05) is 0 Å². The summed E-state index contributed by atoms with van der Waals surface area (Å²) in [5, 5.41) is 21.5. The molecule has 1 aromatic carbocycles. The van der Waals surface area contributed by atoms with E-state index in [9.17, 15) is 15.0 Å². The predicted molar refractivity (Wildman–Crippen MR) is 67.9 cm³/mol. The van der Waals surface area contributed by atoms with Gasteiger partial charge in [-0.25, -0.2) is 0 Å². The Kier molecular flexibility index (Phi) is 3.81. The minimum atomic E-state index is -0.769. The molecular weight excluding hydrogens is 234 g/mol. The standard InChI is InChI=1S/C12H17N3O3/c13-8-1-3-9(4-2-8)14-12(18)7-15-5-10(16)11(17)6-15/h1-4,10-11,16-17H,5-7,13H2,(H,14,18). The van der Waals surface area contributed by atoms with Crippen molar-refractivity contribution in [3.8, 4) is 0 Å². The molecule has 98 valence electrons. The summed E-state index contributed by atoms with van der Waals surface area (Å²) < 4.78 is 0. The lowest BCUT2D eigenvalue weighted by atomic mass is 10.3. The summed E-state index contributed by atoms with van der Waals surface area (Å²) >= 11 is 0. The quantitative estimate of drug-likeness (QED) is 0.530. The second kappa shape index (κ2) is 5.34. The maximum atomic E-state index is 11.7. The number of rotatable bonds is 3. The zero-order valence-corrected chi connectivity index (χ0v) is 9.91. The first-order valence-corrected chi connectivity index (χ1v) is 5.78. The number of nitrogen functional groups attached to an aromatic ring is 1. The third-order valence-corrected chi connectivity index (χ3v) is 2.90. The molecule has 0 bridgehead atoms. The lowest BCUT2D eigenvalue weighted by Crippen LogP contribution is -2.32. The maximum absolute atomic E-state index is 11.7. The Morgan fingerprint density at radius 3 is 2.39 bits per heavy atom. The Morgan fingerprint density at radius 1 is 1.28 bits per heavy atom. The fourth-order valence-electron chi connectivity index (χ4n) is 1.95. The fourth-order valence-corrected chi connectivity index (χ4v) is 1.95. The van der Waals surface area contributed by atoms with Crippen LogP contribution in [0.1, 0.15) is 0 Å². The van der Waals surface area contributed by atoms with Crippen LogP contribution in [0.15, 0.2) is 24.3 Å². The predicted octanol–water partition coefficient (Wildman–Crippen LogP) is -0.755. The Balaban J connectivity index is 1.84. The summed E-state index contributed by atoms with van der Waals surface area (Å²) in [7, 11) is 0. The molecule has 0 spiro atoms. The van der Waals surface area contributed by atoms with Gasteiger partial charge in [-0.15, -0.1) is 0 Å². The number of amides is 1. The third kappa shape index (κ3) is 3.19. The molecule has 1 fully saturated rings. The van der Waals surface area contributed by atoms with E-state index in [0.29, 0.717) is 24.5 Å². The topological polar surface area (TPSA) is 98.8 Å². The molecule has 0 aliphatic carbocycles. The van der Waals surface area contributed by atoms with Gasteiger partial charge >= 0.3 is 0 Å². The molecule has 0 radical (unpaired) electrons. The number of likely N-dealkylation sites (tertiary alicyclic amines) is 1. The first-order chi connectivity index (χ1) is 8.54. The number of nitrogens with one attached hydrogen (secondary N) is 1. The van der Waals surface area contributed by atoms with E-state index in [1.165, 1.54) is 0 Å². The molecule has 0 saturated carbocycles. The van der Waals surface area contributed by atoms with E-state index < -0.39 is 12.2 Å². The zero-order valence-electron chi connectivity index (χ0n) is 9.91. The second-order valence-electron chi connectivity index (χ2n) is 4.50. The molecule has 1 heterocycles. The number of anilines is 2. The highest BCUT2D eigenvalue weighted by molar-refractivity contribution is 5.92. The number of carbonyl (C=O) groups is 1. The molecule has 2 unspecified atom stereocenters. The van der Waals surface area contributed by atoms with Crippen molar-refractivity contribution in [1.29, 1.82) is 0 Å². The Bertz CT molecular complexity index is 411. The molecule has 1 aromatic rings. The van der Waals surface area contributed by atoms with E-state index in [2.05, 4.69) is 5.32 Å². The van der Waals surface area contributed by atoms with Gasteiger partial charge < -0.3 is 21.3 Å². The number of β-amino-alcohol motifs (C(OH)–C–C–N with tert-alkyl or cyclic N) is 2. The van der Waals surface area contributed by atoms with Crippen molar-refractivity contribution in [2.24, 2.45) is 0 Å². The minimum Gasteiger partial charge on any atom is -0.399 e. The zero-order chi connectivity index (χ0) is 13.1. The van der Waals surface area contributed by atoms with Crippen LogP contribution in [0.2, 0.25) is 0 Å². The van der Waals surface area contributed by atoms with Crippen molar-refractivity contribution in [2.45, 2.75) is 12.2 Å². The monoisotopic (exact) mass is 251 g/mol. The molecule has 5 N–H and O–H groups in total. The normalized spacial score (nSPS) is 24.1. The van der Waals surface area contributed by atoms with Crippen LogP contribution in [0, 0.1) is 0 Å². The number of hydrogen-bond donors (Lipinski definition) is 4. The van der Waals surface area contributed by atoms with Gasteiger partial charge in [-0.2, -0.15) is 0 Å². The van der Waals surface area contributed by atoms with E-state index in [4.69, 9.17) is 5.73 Å². The van der Waals surface area contributed by atoms with Gasteiger partial charge in [0.2, 0.25) is 5.91 Å². The maximum Gasteiger partial charge on any atom is 0.238 e. The van der Waals surface area contributed by atoms with Crippen LogP contribution in [-0.4, -0.2) is 52.9 Å². The molecule has 1 aliphatic rings. The average molecular weight is 251 g/mol. The molecule has 1 aliphatic heterocycles. The number of carbonyl (C=O) groups excluding carboxylic acids is 1. The summed E-state index contributed by atoms with van der Waals surface area (Å²) in [5.74, 6) is -0.180.